The van der Waals surface area contributed by atoms with Crippen molar-refractivity contribution >= 4 is 17.5 Å². The maximum atomic E-state index is 11.3. The second-order valence-electron chi connectivity index (χ2n) is 4.45. The Kier molecular flexibility index (Phi) is 5.69. The van der Waals surface area contributed by atoms with Crippen LogP contribution < -0.4 is 4.74 Å². The fraction of sp³-hybridized carbons (Fsp3) is 0.235. The normalized spacial score (nSPS) is 10.2. The van der Waals surface area contributed by atoms with Crippen molar-refractivity contribution in [1.82, 2.24) is 0 Å². The van der Waals surface area contributed by atoms with E-state index in [2.05, 4.69) is 0 Å². The molecular formula is C17H18O2S. The quantitative estimate of drug-likeness (QED) is 0.427. The molecular weight excluding hydrogens is 268 g/mol. The molecule has 0 aromatic heterocycles. The van der Waals surface area contributed by atoms with Crippen molar-refractivity contribution in [2.45, 2.75) is 18.2 Å². The molecule has 2 rings (SSSR count). The number of rotatable bonds is 7. The predicted molar refractivity (Wildman–Crippen MR) is 83.7 cm³/mol. The molecule has 2 nitrogen and oxygen atoms in total. The van der Waals surface area contributed by atoms with E-state index in [1.165, 1.54) is 0 Å². The summed E-state index contributed by atoms with van der Waals surface area (Å²) in [6.07, 6.45) is 0.976. The summed E-state index contributed by atoms with van der Waals surface area (Å²) in [5.41, 5.74) is 0.774. The fourth-order valence-corrected chi connectivity index (χ4v) is 2.64. The molecule has 0 spiro atoms. The van der Waals surface area contributed by atoms with Crippen LogP contribution in [0.15, 0.2) is 59.5 Å². The molecule has 0 atom stereocenters. The van der Waals surface area contributed by atoms with Gasteiger partial charge in [0, 0.05) is 16.2 Å². The molecule has 0 unspecified atom stereocenters. The van der Waals surface area contributed by atoms with Crippen LogP contribution in [0.2, 0.25) is 0 Å². The number of para-hydroxylation sites is 1. The molecule has 0 fully saturated rings. The molecule has 104 valence electrons. The van der Waals surface area contributed by atoms with Crippen LogP contribution in [0.1, 0.15) is 23.7 Å². The molecule has 0 aliphatic carbocycles. The van der Waals surface area contributed by atoms with Crippen molar-refractivity contribution in [3.8, 4) is 5.75 Å². The number of benzene rings is 2. The molecule has 0 heterocycles. The largest absolute Gasteiger partial charge is 0.494 e. The second-order valence-corrected chi connectivity index (χ2v) is 5.62. The lowest BCUT2D eigenvalue weighted by Crippen LogP contribution is -1.98. The summed E-state index contributed by atoms with van der Waals surface area (Å²) in [6.45, 7) is 2.31. The van der Waals surface area contributed by atoms with Crippen LogP contribution in [0.5, 0.6) is 5.75 Å². The van der Waals surface area contributed by atoms with E-state index in [0.29, 0.717) is 6.61 Å². The summed E-state index contributed by atoms with van der Waals surface area (Å²) in [5.74, 6) is 2.00. The Labute approximate surface area is 124 Å². The first-order chi connectivity index (χ1) is 9.75. The Hall–Kier alpha value is -1.74. The van der Waals surface area contributed by atoms with E-state index in [-0.39, 0.29) is 5.78 Å². The minimum absolute atomic E-state index is 0.111. The van der Waals surface area contributed by atoms with E-state index in [1.807, 2.05) is 54.6 Å². The number of hydrogen-bond acceptors (Lipinski definition) is 3. The Morgan fingerprint density at radius 1 is 1.10 bits per heavy atom. The first kappa shape index (κ1) is 14.7. The zero-order valence-electron chi connectivity index (χ0n) is 11.5. The second kappa shape index (κ2) is 7.75. The van der Waals surface area contributed by atoms with E-state index in [9.17, 15) is 4.79 Å². The summed E-state index contributed by atoms with van der Waals surface area (Å²) in [5, 5.41) is 0. The lowest BCUT2D eigenvalue weighted by atomic mass is 10.2. The van der Waals surface area contributed by atoms with Crippen LogP contribution in [0, 0.1) is 0 Å². The first-order valence-electron chi connectivity index (χ1n) is 6.67. The minimum Gasteiger partial charge on any atom is -0.494 e. The standard InChI is InChI=1S/C17H18O2S/c1-14(18)15-7-5-10-17(13-15)20-12-6-11-19-16-8-3-2-4-9-16/h2-5,7-10,13H,6,11-12H2,1H3. The highest BCUT2D eigenvalue weighted by atomic mass is 32.2. The number of ketones is 1. The van der Waals surface area contributed by atoms with Crippen molar-refractivity contribution in [1.29, 1.82) is 0 Å². The smallest absolute Gasteiger partial charge is 0.159 e. The maximum absolute atomic E-state index is 11.3. The van der Waals surface area contributed by atoms with Crippen LogP contribution in [-0.2, 0) is 0 Å². The fourth-order valence-electron chi connectivity index (χ4n) is 1.76. The van der Waals surface area contributed by atoms with Gasteiger partial charge in [-0.25, -0.2) is 0 Å². The molecule has 0 N–H and O–H groups in total. The summed E-state index contributed by atoms with van der Waals surface area (Å²) in [6, 6.07) is 17.6. The van der Waals surface area contributed by atoms with E-state index in [4.69, 9.17) is 4.74 Å². The number of Topliss-reactive ketones (excluding diaryl/α,β-unsaturated/α-hetero) is 1. The number of carbonyl (C=O) groups excluding carboxylic acids is 1. The van der Waals surface area contributed by atoms with Crippen molar-refractivity contribution in [2.24, 2.45) is 0 Å². The van der Waals surface area contributed by atoms with Crippen molar-refractivity contribution < 1.29 is 9.53 Å². The van der Waals surface area contributed by atoms with Gasteiger partial charge < -0.3 is 4.74 Å². The third kappa shape index (κ3) is 4.74. The predicted octanol–water partition coefficient (Wildman–Crippen LogP) is 4.45. The Balaban J connectivity index is 1.71. The van der Waals surface area contributed by atoms with Crippen LogP contribution >= 0.6 is 11.8 Å². The van der Waals surface area contributed by atoms with E-state index in [0.717, 1.165) is 28.4 Å². The molecule has 20 heavy (non-hydrogen) atoms. The summed E-state index contributed by atoms with van der Waals surface area (Å²) < 4.78 is 5.64. The molecule has 2 aromatic carbocycles. The Morgan fingerprint density at radius 3 is 2.65 bits per heavy atom. The molecule has 0 radical (unpaired) electrons. The molecule has 0 bridgehead atoms. The van der Waals surface area contributed by atoms with E-state index in [1.54, 1.807) is 18.7 Å². The molecule has 3 heteroatoms. The maximum Gasteiger partial charge on any atom is 0.159 e. The third-order valence-electron chi connectivity index (χ3n) is 2.81. The van der Waals surface area contributed by atoms with Gasteiger partial charge in [0.1, 0.15) is 5.75 Å². The number of thioether (sulfide) groups is 1. The summed E-state index contributed by atoms with van der Waals surface area (Å²) in [7, 11) is 0. The Morgan fingerprint density at radius 2 is 1.90 bits per heavy atom. The number of hydrogen-bond donors (Lipinski definition) is 0. The van der Waals surface area contributed by atoms with Crippen LogP contribution in [0.3, 0.4) is 0 Å². The van der Waals surface area contributed by atoms with Crippen LogP contribution in [-0.4, -0.2) is 18.1 Å². The zero-order chi connectivity index (χ0) is 14.2. The molecule has 0 amide bonds. The SMILES string of the molecule is CC(=O)c1cccc(SCCCOc2ccccc2)c1. The average molecular weight is 286 g/mol. The molecule has 0 aliphatic heterocycles. The Bertz CT molecular complexity index is 552. The van der Waals surface area contributed by atoms with Gasteiger partial charge in [0.25, 0.3) is 0 Å². The van der Waals surface area contributed by atoms with Crippen molar-refractivity contribution in [3.63, 3.8) is 0 Å². The lowest BCUT2D eigenvalue weighted by molar-refractivity contribution is 0.101. The van der Waals surface area contributed by atoms with E-state index < -0.39 is 0 Å². The van der Waals surface area contributed by atoms with Gasteiger partial charge in [-0.2, -0.15) is 0 Å². The first-order valence-corrected chi connectivity index (χ1v) is 7.66. The number of carbonyl (C=O) groups is 1. The van der Waals surface area contributed by atoms with Crippen LogP contribution in [0.4, 0.5) is 0 Å². The van der Waals surface area contributed by atoms with Gasteiger partial charge in [0.05, 0.1) is 6.61 Å². The highest BCUT2D eigenvalue weighted by Crippen LogP contribution is 2.20. The van der Waals surface area contributed by atoms with Gasteiger partial charge in [-0.3, -0.25) is 4.79 Å². The van der Waals surface area contributed by atoms with Gasteiger partial charge in [-0.05, 0) is 37.6 Å². The zero-order valence-corrected chi connectivity index (χ0v) is 12.4. The van der Waals surface area contributed by atoms with Gasteiger partial charge in [-0.1, -0.05) is 30.3 Å². The van der Waals surface area contributed by atoms with Gasteiger partial charge in [0.2, 0.25) is 0 Å². The highest BCUT2D eigenvalue weighted by Gasteiger charge is 2.01. The third-order valence-corrected chi connectivity index (χ3v) is 3.89. The molecule has 2 aromatic rings. The average Bonchev–Trinajstić information content (AvgIpc) is 2.48. The lowest BCUT2D eigenvalue weighted by Gasteiger charge is -2.06. The topological polar surface area (TPSA) is 26.3 Å². The van der Waals surface area contributed by atoms with Crippen molar-refractivity contribution in [2.75, 3.05) is 12.4 Å². The molecule has 0 saturated carbocycles. The molecule has 0 saturated heterocycles. The van der Waals surface area contributed by atoms with E-state index >= 15 is 0 Å². The minimum atomic E-state index is 0.111. The summed E-state index contributed by atoms with van der Waals surface area (Å²) >= 11 is 1.75. The van der Waals surface area contributed by atoms with Gasteiger partial charge in [0.15, 0.2) is 5.78 Å². The van der Waals surface area contributed by atoms with Crippen molar-refractivity contribution in [3.05, 3.63) is 60.2 Å². The monoisotopic (exact) mass is 286 g/mol. The summed E-state index contributed by atoms with van der Waals surface area (Å²) in [4.78, 5) is 12.4. The van der Waals surface area contributed by atoms with Crippen LogP contribution in [0.25, 0.3) is 0 Å². The van der Waals surface area contributed by atoms with Gasteiger partial charge >= 0.3 is 0 Å². The molecule has 0 aliphatic rings. The highest BCUT2D eigenvalue weighted by molar-refractivity contribution is 7.99. The van der Waals surface area contributed by atoms with Gasteiger partial charge in [-0.15, -0.1) is 11.8 Å². The number of ether oxygens (including phenoxy) is 1.